The van der Waals surface area contributed by atoms with Gasteiger partial charge in [0.15, 0.2) is 0 Å². The molecule has 0 amide bonds. The molecule has 162 valence electrons. The van der Waals surface area contributed by atoms with Gasteiger partial charge >= 0.3 is 0 Å². The third kappa shape index (κ3) is 3.08. The summed E-state index contributed by atoms with van der Waals surface area (Å²) < 4.78 is 35.9. The predicted molar refractivity (Wildman–Crippen MR) is 116 cm³/mol. The van der Waals surface area contributed by atoms with E-state index in [0.29, 0.717) is 10.5 Å². The molecular weight excluding hydrogens is 440 g/mol. The summed E-state index contributed by atoms with van der Waals surface area (Å²) in [6.07, 6.45) is 2.22. The van der Waals surface area contributed by atoms with Crippen LogP contribution in [0.4, 0.5) is 8.78 Å². The van der Waals surface area contributed by atoms with Crippen LogP contribution >= 0.6 is 11.6 Å². The fourth-order valence-corrected chi connectivity index (χ4v) is 3.89. The highest BCUT2D eigenvalue weighted by atomic mass is 35.5. The lowest BCUT2D eigenvalue weighted by molar-refractivity contribution is 0.429. The number of hydrogen-bond donors (Lipinski definition) is 0. The van der Waals surface area contributed by atoms with Gasteiger partial charge in [-0.15, -0.1) is 0 Å². The van der Waals surface area contributed by atoms with E-state index in [1.165, 1.54) is 12.4 Å². The number of halogens is 3. The van der Waals surface area contributed by atoms with E-state index >= 15 is 0 Å². The number of nitrogens with zero attached hydrogens (tertiary/aromatic N) is 5. The Kier molecular flexibility index (Phi) is 4.78. The predicted octanol–water partition coefficient (Wildman–Crippen LogP) is 5.27. The van der Waals surface area contributed by atoms with Crippen LogP contribution < -0.4 is 5.56 Å². The minimum atomic E-state index is -0.836. The Morgan fingerprint density at radius 3 is 2.72 bits per heavy atom. The van der Waals surface area contributed by atoms with Gasteiger partial charge in [-0.05, 0) is 43.7 Å². The van der Waals surface area contributed by atoms with Crippen LogP contribution in [0, 0.1) is 11.6 Å². The van der Waals surface area contributed by atoms with Crippen LogP contribution in [0.25, 0.3) is 39.5 Å². The van der Waals surface area contributed by atoms with E-state index in [2.05, 4.69) is 15.1 Å². The average Bonchev–Trinajstić information content (AvgIpc) is 3.41. The Morgan fingerprint density at radius 2 is 1.97 bits per heavy atom. The van der Waals surface area contributed by atoms with E-state index in [9.17, 15) is 13.6 Å². The number of benzene rings is 2. The quantitative estimate of drug-likeness (QED) is 0.369. The summed E-state index contributed by atoms with van der Waals surface area (Å²) in [6.45, 7) is 3.93. The van der Waals surface area contributed by atoms with Gasteiger partial charge in [-0.25, -0.2) is 13.8 Å². The fraction of sp³-hybridized carbons (Fsp3) is 0.182. The summed E-state index contributed by atoms with van der Waals surface area (Å²) in [4.78, 5) is 22.1. The number of hydrogen-bond acceptors (Lipinski definition) is 5. The van der Waals surface area contributed by atoms with Crippen LogP contribution in [-0.2, 0) is 0 Å². The molecule has 7 nitrogen and oxygen atoms in total. The average molecular weight is 456 g/mol. The van der Waals surface area contributed by atoms with E-state index in [4.69, 9.17) is 16.1 Å². The van der Waals surface area contributed by atoms with Crippen LogP contribution in [0.2, 0.25) is 5.02 Å². The molecule has 0 fully saturated rings. The summed E-state index contributed by atoms with van der Waals surface area (Å²) in [6, 6.07) is 8.21. The molecule has 0 N–H and O–H groups in total. The maximum Gasteiger partial charge on any atom is 0.278 e. The molecule has 3 aromatic heterocycles. The van der Waals surface area contributed by atoms with Crippen molar-refractivity contribution in [3.05, 3.63) is 69.7 Å². The van der Waals surface area contributed by atoms with Gasteiger partial charge in [0.25, 0.3) is 11.4 Å². The highest BCUT2D eigenvalue weighted by Gasteiger charge is 2.23. The van der Waals surface area contributed by atoms with Crippen molar-refractivity contribution in [1.29, 1.82) is 0 Å². The first-order chi connectivity index (χ1) is 15.4. The normalized spacial score (nSPS) is 12.7. The molecule has 32 heavy (non-hydrogen) atoms. The number of fused-ring (bicyclic) bond motifs is 3. The Balaban J connectivity index is 1.76. The zero-order valence-corrected chi connectivity index (χ0v) is 17.8. The minimum absolute atomic E-state index is 0.0207. The lowest BCUT2D eigenvalue weighted by Gasteiger charge is -2.18. The monoisotopic (exact) mass is 455 g/mol. The SMILES string of the molecule is CCC(C)n1c(=O)c2c(-c3noc(-c4ccc(F)cc4F)n3)ncn2c2ccc(Cl)cc21. The van der Waals surface area contributed by atoms with Gasteiger partial charge in [0.05, 0.1) is 16.6 Å². The number of aromatic nitrogens is 5. The second-order valence-electron chi connectivity index (χ2n) is 7.42. The van der Waals surface area contributed by atoms with E-state index in [0.717, 1.165) is 24.1 Å². The van der Waals surface area contributed by atoms with Crippen molar-refractivity contribution in [2.75, 3.05) is 0 Å². The highest BCUT2D eigenvalue weighted by Crippen LogP contribution is 2.28. The molecule has 0 saturated heterocycles. The molecule has 2 aromatic carbocycles. The van der Waals surface area contributed by atoms with Crippen molar-refractivity contribution >= 4 is 28.2 Å². The second kappa shape index (κ2) is 7.52. The van der Waals surface area contributed by atoms with E-state index in [1.807, 2.05) is 19.9 Å². The van der Waals surface area contributed by atoms with E-state index < -0.39 is 11.6 Å². The van der Waals surface area contributed by atoms with Gasteiger partial charge in [0.1, 0.15) is 29.2 Å². The maximum atomic E-state index is 14.1. The molecule has 3 heterocycles. The molecule has 0 aliphatic carbocycles. The van der Waals surface area contributed by atoms with Crippen molar-refractivity contribution in [1.82, 2.24) is 24.1 Å². The van der Waals surface area contributed by atoms with E-state index in [-0.39, 0.29) is 40.1 Å². The molecule has 0 radical (unpaired) electrons. The number of rotatable bonds is 4. The molecule has 5 aromatic rings. The zero-order chi connectivity index (χ0) is 22.6. The lowest BCUT2D eigenvalue weighted by atomic mass is 10.2. The molecular formula is C22H16ClF2N5O2. The molecule has 0 bridgehead atoms. The Bertz CT molecular complexity index is 1560. The van der Waals surface area contributed by atoms with Gasteiger partial charge in [0.2, 0.25) is 5.82 Å². The van der Waals surface area contributed by atoms with Crippen molar-refractivity contribution < 1.29 is 13.3 Å². The summed E-state index contributed by atoms with van der Waals surface area (Å²) in [5, 5.41) is 4.40. The smallest absolute Gasteiger partial charge is 0.278 e. The largest absolute Gasteiger partial charge is 0.333 e. The molecule has 0 spiro atoms. The maximum absolute atomic E-state index is 14.1. The zero-order valence-electron chi connectivity index (χ0n) is 17.0. The standard InChI is InChI=1S/C22H16ClF2N5O2/c1-3-11(2)30-17-8-12(23)4-7-16(17)29-10-26-18(19(29)22(30)31)20-27-21(32-28-20)14-6-5-13(24)9-15(14)25/h4-11H,3H2,1-2H3. The molecule has 1 unspecified atom stereocenters. The van der Waals surface area contributed by atoms with Crippen molar-refractivity contribution in [3.8, 4) is 23.0 Å². The topological polar surface area (TPSA) is 78.2 Å². The van der Waals surface area contributed by atoms with Crippen LogP contribution in [0.15, 0.2) is 52.0 Å². The van der Waals surface area contributed by atoms with Gasteiger partial charge in [-0.3, -0.25) is 9.20 Å². The summed E-state index contributed by atoms with van der Waals surface area (Å²) >= 11 is 6.20. The van der Waals surface area contributed by atoms with Crippen LogP contribution in [0.5, 0.6) is 0 Å². The van der Waals surface area contributed by atoms with Crippen molar-refractivity contribution in [2.24, 2.45) is 0 Å². The van der Waals surface area contributed by atoms with Gasteiger partial charge in [0, 0.05) is 17.1 Å². The van der Waals surface area contributed by atoms with Crippen molar-refractivity contribution in [3.63, 3.8) is 0 Å². The summed E-state index contributed by atoms with van der Waals surface area (Å²) in [5.41, 5.74) is 1.52. The lowest BCUT2D eigenvalue weighted by Crippen LogP contribution is -2.25. The van der Waals surface area contributed by atoms with Crippen LogP contribution in [-0.4, -0.2) is 24.1 Å². The van der Waals surface area contributed by atoms with Gasteiger partial charge in [-0.2, -0.15) is 4.98 Å². The van der Waals surface area contributed by atoms with Gasteiger partial charge in [-0.1, -0.05) is 23.7 Å². The molecule has 1 atom stereocenters. The minimum Gasteiger partial charge on any atom is -0.333 e. The number of imidazole rings is 1. The highest BCUT2D eigenvalue weighted by molar-refractivity contribution is 6.31. The van der Waals surface area contributed by atoms with E-state index in [1.54, 1.807) is 21.1 Å². The summed E-state index contributed by atoms with van der Waals surface area (Å²) in [7, 11) is 0. The first-order valence-corrected chi connectivity index (χ1v) is 10.3. The third-order valence-corrected chi connectivity index (χ3v) is 5.71. The first kappa shape index (κ1) is 20.3. The molecule has 0 aliphatic heterocycles. The Morgan fingerprint density at radius 1 is 1.16 bits per heavy atom. The molecule has 0 aliphatic rings. The molecule has 5 rings (SSSR count). The first-order valence-electron chi connectivity index (χ1n) is 9.89. The molecule has 0 saturated carbocycles. The fourth-order valence-electron chi connectivity index (χ4n) is 3.73. The second-order valence-corrected chi connectivity index (χ2v) is 7.86. The van der Waals surface area contributed by atoms with Crippen molar-refractivity contribution in [2.45, 2.75) is 26.3 Å². The van der Waals surface area contributed by atoms with Gasteiger partial charge < -0.3 is 9.09 Å². The Labute approximate surface area is 184 Å². The Hall–Kier alpha value is -3.59. The van der Waals surface area contributed by atoms with Crippen LogP contribution in [0.3, 0.4) is 0 Å². The molecule has 10 heteroatoms. The third-order valence-electron chi connectivity index (χ3n) is 5.48. The summed E-state index contributed by atoms with van der Waals surface area (Å²) in [5.74, 6) is -1.68. The van der Waals surface area contributed by atoms with Crippen LogP contribution in [0.1, 0.15) is 26.3 Å².